The van der Waals surface area contributed by atoms with E-state index in [1.165, 1.54) is 5.56 Å². The molecule has 0 amide bonds. The van der Waals surface area contributed by atoms with Gasteiger partial charge in [-0.3, -0.25) is 4.98 Å². The van der Waals surface area contributed by atoms with Crippen LogP contribution in [-0.2, 0) is 11.2 Å². The van der Waals surface area contributed by atoms with Crippen LogP contribution in [-0.4, -0.2) is 25.2 Å². The Morgan fingerprint density at radius 1 is 1.46 bits per heavy atom. The molecular formula is C10H16N2O. The second-order valence-corrected chi connectivity index (χ2v) is 3.12. The molecule has 0 fully saturated rings. The molecule has 1 rings (SSSR count). The molecule has 0 aliphatic carbocycles. The third-order valence-electron chi connectivity index (χ3n) is 2.01. The monoisotopic (exact) mass is 180 g/mol. The van der Waals surface area contributed by atoms with Gasteiger partial charge in [-0.25, -0.2) is 0 Å². The summed E-state index contributed by atoms with van der Waals surface area (Å²) in [6.07, 6.45) is 4.57. The molecule has 1 unspecified atom stereocenters. The van der Waals surface area contributed by atoms with Gasteiger partial charge < -0.3 is 10.5 Å². The zero-order valence-corrected chi connectivity index (χ0v) is 7.94. The average molecular weight is 180 g/mol. The molecule has 2 N–H and O–H groups in total. The van der Waals surface area contributed by atoms with E-state index in [-0.39, 0.29) is 0 Å². The van der Waals surface area contributed by atoms with E-state index in [0.717, 1.165) is 13.0 Å². The van der Waals surface area contributed by atoms with E-state index >= 15 is 0 Å². The Bertz CT molecular complexity index is 226. The van der Waals surface area contributed by atoms with Crippen LogP contribution in [0.4, 0.5) is 0 Å². The van der Waals surface area contributed by atoms with Crippen molar-refractivity contribution in [2.24, 2.45) is 11.7 Å². The van der Waals surface area contributed by atoms with Crippen molar-refractivity contribution in [3.05, 3.63) is 30.1 Å². The lowest BCUT2D eigenvalue weighted by Crippen LogP contribution is -2.21. The first-order chi connectivity index (χ1) is 6.36. The van der Waals surface area contributed by atoms with Crippen LogP contribution in [0.2, 0.25) is 0 Å². The Labute approximate surface area is 78.9 Å². The Morgan fingerprint density at radius 2 is 2.15 bits per heavy atom. The van der Waals surface area contributed by atoms with Crippen molar-refractivity contribution < 1.29 is 4.74 Å². The van der Waals surface area contributed by atoms with Crippen LogP contribution in [0.5, 0.6) is 0 Å². The van der Waals surface area contributed by atoms with Gasteiger partial charge in [0.25, 0.3) is 0 Å². The Balaban J connectivity index is 2.46. The summed E-state index contributed by atoms with van der Waals surface area (Å²) in [5.41, 5.74) is 6.88. The predicted molar refractivity (Wildman–Crippen MR) is 52.4 cm³/mol. The number of hydrogen-bond donors (Lipinski definition) is 1. The molecular weight excluding hydrogens is 164 g/mol. The van der Waals surface area contributed by atoms with Crippen molar-refractivity contribution in [2.45, 2.75) is 6.42 Å². The van der Waals surface area contributed by atoms with Crippen LogP contribution in [0.3, 0.4) is 0 Å². The summed E-state index contributed by atoms with van der Waals surface area (Å²) in [7, 11) is 1.70. The lowest BCUT2D eigenvalue weighted by molar-refractivity contribution is 0.155. The van der Waals surface area contributed by atoms with Gasteiger partial charge in [0.05, 0.1) is 6.61 Å². The van der Waals surface area contributed by atoms with E-state index in [2.05, 4.69) is 4.98 Å². The highest BCUT2D eigenvalue weighted by Crippen LogP contribution is 2.06. The average Bonchev–Trinajstić information content (AvgIpc) is 2.19. The topological polar surface area (TPSA) is 48.1 Å². The Morgan fingerprint density at radius 3 is 2.69 bits per heavy atom. The molecule has 1 atom stereocenters. The second kappa shape index (κ2) is 5.67. The van der Waals surface area contributed by atoms with Gasteiger partial charge in [0, 0.05) is 19.5 Å². The number of methoxy groups -OCH3 is 1. The minimum absolute atomic E-state index is 0.410. The molecule has 0 saturated heterocycles. The molecule has 3 nitrogen and oxygen atoms in total. The highest BCUT2D eigenvalue weighted by atomic mass is 16.5. The predicted octanol–water partition coefficient (Wildman–Crippen LogP) is 0.845. The first-order valence-corrected chi connectivity index (χ1v) is 4.44. The lowest BCUT2D eigenvalue weighted by atomic mass is 10.0. The maximum atomic E-state index is 5.61. The van der Waals surface area contributed by atoms with Crippen molar-refractivity contribution in [3.63, 3.8) is 0 Å². The number of rotatable bonds is 5. The first-order valence-electron chi connectivity index (χ1n) is 4.44. The first kappa shape index (κ1) is 10.2. The molecule has 72 valence electrons. The molecule has 1 aromatic heterocycles. The highest BCUT2D eigenvalue weighted by Gasteiger charge is 2.06. The van der Waals surface area contributed by atoms with Crippen molar-refractivity contribution in [3.8, 4) is 0 Å². The van der Waals surface area contributed by atoms with Gasteiger partial charge in [-0.1, -0.05) is 0 Å². The maximum Gasteiger partial charge on any atom is 0.0505 e. The second-order valence-electron chi connectivity index (χ2n) is 3.12. The fraction of sp³-hybridized carbons (Fsp3) is 0.500. The van der Waals surface area contributed by atoms with Gasteiger partial charge >= 0.3 is 0 Å². The number of ether oxygens (including phenoxy) is 1. The van der Waals surface area contributed by atoms with Gasteiger partial charge in [-0.05, 0) is 36.6 Å². The van der Waals surface area contributed by atoms with E-state index in [9.17, 15) is 0 Å². The summed E-state index contributed by atoms with van der Waals surface area (Å²) in [6, 6.07) is 4.02. The summed E-state index contributed by atoms with van der Waals surface area (Å²) in [6.45, 7) is 1.38. The number of hydrogen-bond acceptors (Lipinski definition) is 3. The van der Waals surface area contributed by atoms with E-state index in [0.29, 0.717) is 12.5 Å². The van der Waals surface area contributed by atoms with Crippen LogP contribution in [0.1, 0.15) is 5.56 Å². The smallest absolute Gasteiger partial charge is 0.0505 e. The molecule has 0 aromatic carbocycles. The highest BCUT2D eigenvalue weighted by molar-refractivity contribution is 5.10. The molecule has 0 bridgehead atoms. The molecule has 0 aliphatic rings. The van der Waals surface area contributed by atoms with Crippen LogP contribution < -0.4 is 5.73 Å². The number of aromatic nitrogens is 1. The number of nitrogens with two attached hydrogens (primary N) is 1. The third-order valence-corrected chi connectivity index (χ3v) is 2.01. The van der Waals surface area contributed by atoms with Crippen molar-refractivity contribution >= 4 is 0 Å². The van der Waals surface area contributed by atoms with E-state index in [4.69, 9.17) is 10.5 Å². The van der Waals surface area contributed by atoms with Gasteiger partial charge in [0.1, 0.15) is 0 Å². The molecule has 1 aromatic rings. The van der Waals surface area contributed by atoms with Gasteiger partial charge in [-0.15, -0.1) is 0 Å². The summed E-state index contributed by atoms with van der Waals surface area (Å²) in [4.78, 5) is 3.96. The van der Waals surface area contributed by atoms with E-state index < -0.39 is 0 Å². The summed E-state index contributed by atoms with van der Waals surface area (Å²) in [5, 5.41) is 0. The molecule has 0 saturated carbocycles. The molecule has 0 aliphatic heterocycles. The van der Waals surface area contributed by atoms with Crippen LogP contribution in [0.25, 0.3) is 0 Å². The SMILES string of the molecule is COCC(CN)Cc1ccncc1. The number of nitrogens with zero attached hydrogens (tertiary/aromatic N) is 1. The number of pyridine rings is 1. The van der Waals surface area contributed by atoms with E-state index in [1.54, 1.807) is 19.5 Å². The summed E-state index contributed by atoms with van der Waals surface area (Å²) >= 11 is 0. The maximum absolute atomic E-state index is 5.61. The Kier molecular flexibility index (Phi) is 4.43. The molecule has 0 spiro atoms. The minimum atomic E-state index is 0.410. The molecule has 1 heterocycles. The van der Waals surface area contributed by atoms with Crippen LogP contribution >= 0.6 is 0 Å². The van der Waals surface area contributed by atoms with Gasteiger partial charge in [-0.2, -0.15) is 0 Å². The van der Waals surface area contributed by atoms with Gasteiger partial charge in [0.15, 0.2) is 0 Å². The van der Waals surface area contributed by atoms with Crippen molar-refractivity contribution in [1.82, 2.24) is 4.98 Å². The van der Waals surface area contributed by atoms with Crippen LogP contribution in [0.15, 0.2) is 24.5 Å². The largest absolute Gasteiger partial charge is 0.384 e. The summed E-state index contributed by atoms with van der Waals surface area (Å²) < 4.78 is 5.07. The van der Waals surface area contributed by atoms with Crippen molar-refractivity contribution in [2.75, 3.05) is 20.3 Å². The normalized spacial score (nSPS) is 12.8. The molecule has 0 radical (unpaired) electrons. The fourth-order valence-corrected chi connectivity index (χ4v) is 1.30. The van der Waals surface area contributed by atoms with Gasteiger partial charge in [0.2, 0.25) is 0 Å². The fourth-order valence-electron chi connectivity index (χ4n) is 1.30. The lowest BCUT2D eigenvalue weighted by Gasteiger charge is -2.12. The summed E-state index contributed by atoms with van der Waals surface area (Å²) in [5.74, 6) is 0.410. The standard InChI is InChI=1S/C10H16N2O/c1-13-8-10(7-11)6-9-2-4-12-5-3-9/h2-5,10H,6-8,11H2,1H3. The Hall–Kier alpha value is -0.930. The van der Waals surface area contributed by atoms with Crippen LogP contribution in [0, 0.1) is 5.92 Å². The zero-order chi connectivity index (χ0) is 9.52. The quantitative estimate of drug-likeness (QED) is 0.730. The third kappa shape index (κ3) is 3.53. The molecule has 13 heavy (non-hydrogen) atoms. The van der Waals surface area contributed by atoms with Crippen molar-refractivity contribution in [1.29, 1.82) is 0 Å². The molecule has 3 heteroatoms. The van der Waals surface area contributed by atoms with E-state index in [1.807, 2.05) is 12.1 Å². The minimum Gasteiger partial charge on any atom is -0.384 e. The zero-order valence-electron chi connectivity index (χ0n) is 7.94.